The highest BCUT2D eigenvalue weighted by atomic mass is 16.5. The molecule has 0 aromatic rings. The molecule has 0 spiro atoms. The molecule has 0 aliphatic carbocycles. The first-order chi connectivity index (χ1) is 8.34. The first kappa shape index (κ1) is 12.6. The molecule has 0 saturated carbocycles. The van der Waals surface area contributed by atoms with E-state index in [1.807, 2.05) is 0 Å². The summed E-state index contributed by atoms with van der Waals surface area (Å²) in [6.07, 6.45) is 5.73. The Hall–Kier alpha value is -0.810. The van der Waals surface area contributed by atoms with Crippen molar-refractivity contribution in [3.05, 3.63) is 0 Å². The van der Waals surface area contributed by atoms with Gasteiger partial charge in [0.25, 0.3) is 0 Å². The second kappa shape index (κ2) is 6.81. The zero-order chi connectivity index (χ0) is 11.9. The van der Waals surface area contributed by atoms with Gasteiger partial charge in [-0.05, 0) is 32.2 Å². The highest BCUT2D eigenvalue weighted by Crippen LogP contribution is 2.06. The minimum absolute atomic E-state index is 0.0622. The van der Waals surface area contributed by atoms with Gasteiger partial charge < -0.3 is 20.7 Å². The Labute approximate surface area is 103 Å². The van der Waals surface area contributed by atoms with Crippen LogP contribution in [0.4, 0.5) is 4.79 Å². The summed E-state index contributed by atoms with van der Waals surface area (Å²) in [5.41, 5.74) is 0. The maximum atomic E-state index is 11.6. The molecule has 2 aliphatic rings. The van der Waals surface area contributed by atoms with Crippen molar-refractivity contribution >= 4 is 6.03 Å². The van der Waals surface area contributed by atoms with Crippen molar-refractivity contribution in [2.45, 2.75) is 44.2 Å². The van der Waals surface area contributed by atoms with E-state index in [0.717, 1.165) is 39.0 Å². The van der Waals surface area contributed by atoms with E-state index in [4.69, 9.17) is 4.74 Å². The fourth-order valence-electron chi connectivity index (χ4n) is 2.41. The molecule has 2 amide bonds. The highest BCUT2D eigenvalue weighted by Gasteiger charge is 2.17. The van der Waals surface area contributed by atoms with E-state index in [-0.39, 0.29) is 12.1 Å². The van der Waals surface area contributed by atoms with E-state index < -0.39 is 0 Å². The van der Waals surface area contributed by atoms with Crippen LogP contribution < -0.4 is 16.0 Å². The van der Waals surface area contributed by atoms with Gasteiger partial charge in [0.1, 0.15) is 0 Å². The third-order valence-electron chi connectivity index (χ3n) is 3.42. The lowest BCUT2D eigenvalue weighted by Crippen LogP contribution is -2.50. The van der Waals surface area contributed by atoms with Gasteiger partial charge in [0.15, 0.2) is 0 Å². The van der Waals surface area contributed by atoms with Crippen molar-refractivity contribution in [3.63, 3.8) is 0 Å². The van der Waals surface area contributed by atoms with Crippen LogP contribution in [0, 0.1) is 0 Å². The van der Waals surface area contributed by atoms with Crippen molar-refractivity contribution in [3.8, 4) is 0 Å². The van der Waals surface area contributed by atoms with Crippen LogP contribution in [0.3, 0.4) is 0 Å². The quantitative estimate of drug-likeness (QED) is 0.678. The number of hydrogen-bond acceptors (Lipinski definition) is 3. The molecule has 0 aromatic heterocycles. The summed E-state index contributed by atoms with van der Waals surface area (Å²) in [5, 5.41) is 9.30. The zero-order valence-corrected chi connectivity index (χ0v) is 10.3. The third kappa shape index (κ3) is 4.52. The first-order valence-corrected chi connectivity index (χ1v) is 6.70. The van der Waals surface area contributed by atoms with Crippen LogP contribution in [0.1, 0.15) is 32.1 Å². The molecule has 2 fully saturated rings. The number of carbonyl (C=O) groups excluding carboxylic acids is 1. The van der Waals surface area contributed by atoms with Gasteiger partial charge in [0, 0.05) is 19.2 Å². The fourth-order valence-corrected chi connectivity index (χ4v) is 2.41. The van der Waals surface area contributed by atoms with Crippen molar-refractivity contribution < 1.29 is 9.53 Å². The average Bonchev–Trinajstić information content (AvgIpc) is 2.39. The van der Waals surface area contributed by atoms with Crippen LogP contribution in [-0.2, 0) is 4.74 Å². The summed E-state index contributed by atoms with van der Waals surface area (Å²) < 4.78 is 5.32. The molecule has 98 valence electrons. The highest BCUT2D eigenvalue weighted by molar-refractivity contribution is 5.74. The molecule has 0 radical (unpaired) electrons. The van der Waals surface area contributed by atoms with Gasteiger partial charge in [-0.25, -0.2) is 4.79 Å². The molecule has 0 aromatic carbocycles. The van der Waals surface area contributed by atoms with E-state index in [1.165, 1.54) is 12.8 Å². The Bertz CT molecular complexity index is 236. The van der Waals surface area contributed by atoms with E-state index >= 15 is 0 Å². The van der Waals surface area contributed by atoms with Gasteiger partial charge in [0.2, 0.25) is 0 Å². The minimum atomic E-state index is -0.0622. The molecular weight excluding hydrogens is 218 g/mol. The summed E-state index contributed by atoms with van der Waals surface area (Å²) in [7, 11) is 0. The van der Waals surface area contributed by atoms with Crippen LogP contribution in [0.15, 0.2) is 0 Å². The van der Waals surface area contributed by atoms with E-state index in [1.54, 1.807) is 0 Å². The molecule has 2 rings (SSSR count). The monoisotopic (exact) mass is 241 g/mol. The van der Waals surface area contributed by atoms with Crippen molar-refractivity contribution in [1.29, 1.82) is 0 Å². The number of hydrogen-bond donors (Lipinski definition) is 3. The van der Waals surface area contributed by atoms with Gasteiger partial charge in [-0.2, -0.15) is 0 Å². The summed E-state index contributed by atoms with van der Waals surface area (Å²) in [6, 6.07) is 0.563. The van der Waals surface area contributed by atoms with Gasteiger partial charge in [-0.1, -0.05) is 6.42 Å². The predicted octanol–water partition coefficient (Wildman–Crippen LogP) is 0.607. The van der Waals surface area contributed by atoms with Crippen LogP contribution in [-0.4, -0.2) is 44.4 Å². The normalized spacial score (nSPS) is 29.6. The summed E-state index contributed by atoms with van der Waals surface area (Å²) in [4.78, 5) is 11.6. The Kier molecular flexibility index (Phi) is 5.07. The van der Waals surface area contributed by atoms with Gasteiger partial charge in [-0.15, -0.1) is 0 Å². The average molecular weight is 241 g/mol. The molecule has 17 heavy (non-hydrogen) atoms. The van der Waals surface area contributed by atoms with Crippen molar-refractivity contribution in [1.82, 2.24) is 16.0 Å². The lowest BCUT2D eigenvalue weighted by molar-refractivity contribution is 0.0731. The lowest BCUT2D eigenvalue weighted by atomic mass is 10.1. The molecule has 2 aliphatic heterocycles. The molecule has 2 unspecified atom stereocenters. The SMILES string of the molecule is O=C(NCC1CCCCN1)NC1CCCOC1. The Morgan fingerprint density at radius 1 is 1.29 bits per heavy atom. The van der Waals surface area contributed by atoms with Crippen LogP contribution in [0.5, 0.6) is 0 Å². The Balaban J connectivity index is 1.59. The third-order valence-corrected chi connectivity index (χ3v) is 3.42. The fraction of sp³-hybridized carbons (Fsp3) is 0.917. The molecule has 3 N–H and O–H groups in total. The number of nitrogens with one attached hydrogen (secondary N) is 3. The van der Waals surface area contributed by atoms with E-state index in [2.05, 4.69) is 16.0 Å². The van der Waals surface area contributed by atoms with Gasteiger partial charge in [-0.3, -0.25) is 0 Å². The maximum absolute atomic E-state index is 11.6. The van der Waals surface area contributed by atoms with Gasteiger partial charge in [0.05, 0.1) is 12.6 Å². The van der Waals surface area contributed by atoms with Crippen LogP contribution >= 0.6 is 0 Å². The molecule has 5 heteroatoms. The molecule has 5 nitrogen and oxygen atoms in total. The summed E-state index contributed by atoms with van der Waals surface area (Å²) in [6.45, 7) is 3.27. The van der Waals surface area contributed by atoms with Crippen LogP contribution in [0.25, 0.3) is 0 Å². The predicted molar refractivity (Wildman–Crippen MR) is 66.0 cm³/mol. The number of piperidine rings is 1. The topological polar surface area (TPSA) is 62.4 Å². The molecule has 2 heterocycles. The smallest absolute Gasteiger partial charge is 0.315 e. The molecule has 2 saturated heterocycles. The minimum Gasteiger partial charge on any atom is -0.379 e. The lowest BCUT2D eigenvalue weighted by Gasteiger charge is -2.26. The van der Waals surface area contributed by atoms with E-state index in [0.29, 0.717) is 12.6 Å². The molecular formula is C12H23N3O2. The second-order valence-electron chi connectivity index (χ2n) is 4.92. The Morgan fingerprint density at radius 3 is 2.94 bits per heavy atom. The maximum Gasteiger partial charge on any atom is 0.315 e. The number of carbonyl (C=O) groups is 1. The van der Waals surface area contributed by atoms with Gasteiger partial charge >= 0.3 is 6.03 Å². The number of ether oxygens (including phenoxy) is 1. The molecule has 0 bridgehead atoms. The molecule has 2 atom stereocenters. The first-order valence-electron chi connectivity index (χ1n) is 6.70. The summed E-state index contributed by atoms with van der Waals surface area (Å²) >= 11 is 0. The standard InChI is InChI=1S/C12H23N3O2/c16-12(15-11-5-3-7-17-9-11)14-8-10-4-1-2-6-13-10/h10-11,13H,1-9H2,(H2,14,15,16). The summed E-state index contributed by atoms with van der Waals surface area (Å²) in [5.74, 6) is 0. The second-order valence-corrected chi connectivity index (χ2v) is 4.92. The number of urea groups is 1. The van der Waals surface area contributed by atoms with E-state index in [9.17, 15) is 4.79 Å². The van der Waals surface area contributed by atoms with Crippen molar-refractivity contribution in [2.75, 3.05) is 26.3 Å². The van der Waals surface area contributed by atoms with Crippen molar-refractivity contribution in [2.24, 2.45) is 0 Å². The largest absolute Gasteiger partial charge is 0.379 e. The number of amides is 2. The zero-order valence-electron chi connectivity index (χ0n) is 10.3. The Morgan fingerprint density at radius 2 is 2.24 bits per heavy atom. The van der Waals surface area contributed by atoms with Crippen LogP contribution in [0.2, 0.25) is 0 Å². The number of rotatable bonds is 3.